The van der Waals surface area contributed by atoms with Crippen molar-refractivity contribution >= 4 is 35.6 Å². The third-order valence-corrected chi connectivity index (χ3v) is 5.00. The number of carbonyl (C=O) groups is 2. The zero-order chi connectivity index (χ0) is 15.6. The van der Waals surface area contributed by atoms with E-state index in [0.717, 1.165) is 9.75 Å². The molecule has 2 N–H and O–H groups in total. The number of halogens is 1. The first-order valence-electron chi connectivity index (χ1n) is 7.30. The quantitative estimate of drug-likeness (QED) is 0.907. The summed E-state index contributed by atoms with van der Waals surface area (Å²) < 4.78 is 0. The molecule has 0 radical (unpaired) electrons. The van der Waals surface area contributed by atoms with Gasteiger partial charge >= 0.3 is 0 Å². The zero-order valence-corrected chi connectivity index (χ0v) is 14.9. The van der Waals surface area contributed by atoms with Crippen molar-refractivity contribution in [1.29, 1.82) is 0 Å². The van der Waals surface area contributed by atoms with E-state index >= 15 is 0 Å². The highest BCUT2D eigenvalue weighted by atomic mass is 35.5. The molecule has 22 heavy (non-hydrogen) atoms. The molecule has 1 saturated heterocycles. The third-order valence-electron chi connectivity index (χ3n) is 4.01. The predicted molar refractivity (Wildman–Crippen MR) is 91.6 cm³/mol. The molecule has 5 nitrogen and oxygen atoms in total. The van der Waals surface area contributed by atoms with Crippen LogP contribution in [0.4, 0.5) is 0 Å². The molecule has 0 aromatic carbocycles. The molecule has 0 aliphatic carbocycles. The van der Waals surface area contributed by atoms with Crippen molar-refractivity contribution < 1.29 is 9.59 Å². The summed E-state index contributed by atoms with van der Waals surface area (Å²) in [5, 5.41) is 0. The molecule has 0 bridgehead atoms. The van der Waals surface area contributed by atoms with Gasteiger partial charge in [-0.25, -0.2) is 0 Å². The summed E-state index contributed by atoms with van der Waals surface area (Å²) in [7, 11) is 0. The van der Waals surface area contributed by atoms with Crippen molar-refractivity contribution in [3.8, 4) is 0 Å². The second-order valence-corrected chi connectivity index (χ2v) is 6.96. The van der Waals surface area contributed by atoms with Gasteiger partial charge in [-0.05, 0) is 26.0 Å². The van der Waals surface area contributed by atoms with Gasteiger partial charge in [-0.2, -0.15) is 0 Å². The first-order valence-corrected chi connectivity index (χ1v) is 8.12. The minimum absolute atomic E-state index is 0. The molecule has 2 unspecified atom stereocenters. The summed E-state index contributed by atoms with van der Waals surface area (Å²) >= 11 is 1.52. The zero-order valence-electron chi connectivity index (χ0n) is 13.2. The molecule has 0 saturated carbocycles. The summed E-state index contributed by atoms with van der Waals surface area (Å²) in [5.41, 5.74) is 5.79. The number of aryl methyl sites for hydroxylation is 1. The van der Waals surface area contributed by atoms with Gasteiger partial charge in [0.05, 0.1) is 10.8 Å². The maximum atomic E-state index is 12.3. The molecule has 2 atom stereocenters. The van der Waals surface area contributed by atoms with Gasteiger partial charge in [0.2, 0.25) is 5.91 Å². The highest BCUT2D eigenvalue weighted by Gasteiger charge is 2.28. The lowest BCUT2D eigenvalue weighted by Gasteiger charge is -2.36. The van der Waals surface area contributed by atoms with Crippen LogP contribution in [0.2, 0.25) is 0 Å². The van der Waals surface area contributed by atoms with E-state index in [-0.39, 0.29) is 36.2 Å². The van der Waals surface area contributed by atoms with E-state index in [1.54, 1.807) is 0 Å². The molecule has 0 spiro atoms. The first-order chi connectivity index (χ1) is 9.90. The highest BCUT2D eigenvalue weighted by molar-refractivity contribution is 7.13. The topological polar surface area (TPSA) is 66.6 Å². The van der Waals surface area contributed by atoms with Crippen LogP contribution in [0.3, 0.4) is 0 Å². The molecule has 1 aromatic heterocycles. The lowest BCUT2D eigenvalue weighted by Crippen LogP contribution is -2.53. The Hall–Kier alpha value is -1.11. The molecule has 2 heterocycles. The Morgan fingerprint density at radius 2 is 1.68 bits per heavy atom. The molecular formula is C15H24ClN3O2S. The van der Waals surface area contributed by atoms with Crippen LogP contribution in [0.15, 0.2) is 12.1 Å². The lowest BCUT2D eigenvalue weighted by molar-refractivity contribution is -0.137. The molecule has 1 aromatic rings. The van der Waals surface area contributed by atoms with Crippen LogP contribution < -0.4 is 5.73 Å². The number of carbonyl (C=O) groups excluding carboxylic acids is 2. The Morgan fingerprint density at radius 3 is 2.14 bits per heavy atom. The molecule has 2 rings (SSSR count). The van der Waals surface area contributed by atoms with Crippen LogP contribution in [0.1, 0.15) is 28.4 Å². The van der Waals surface area contributed by atoms with Crippen LogP contribution in [0.25, 0.3) is 0 Å². The van der Waals surface area contributed by atoms with E-state index < -0.39 is 0 Å². The molecule has 1 aliphatic rings. The van der Waals surface area contributed by atoms with Crippen LogP contribution in [0, 0.1) is 12.8 Å². The Morgan fingerprint density at radius 1 is 1.14 bits per heavy atom. The normalized spacial score (nSPS) is 17.6. The van der Waals surface area contributed by atoms with E-state index in [1.165, 1.54) is 11.3 Å². The summed E-state index contributed by atoms with van der Waals surface area (Å²) in [4.78, 5) is 30.1. The van der Waals surface area contributed by atoms with Gasteiger partial charge < -0.3 is 15.5 Å². The van der Waals surface area contributed by atoms with Crippen LogP contribution in [0.5, 0.6) is 0 Å². The number of piperazine rings is 1. The number of rotatable bonds is 3. The second kappa shape index (κ2) is 7.94. The van der Waals surface area contributed by atoms with Crippen molar-refractivity contribution in [2.45, 2.75) is 26.8 Å². The maximum Gasteiger partial charge on any atom is 0.264 e. The van der Waals surface area contributed by atoms with Crippen LogP contribution in [-0.2, 0) is 4.79 Å². The third kappa shape index (κ3) is 4.21. The Labute approximate surface area is 141 Å². The fraction of sp³-hybridized carbons (Fsp3) is 0.600. The minimum atomic E-state index is -0.174. The number of amides is 2. The second-order valence-electron chi connectivity index (χ2n) is 5.68. The smallest absolute Gasteiger partial charge is 0.264 e. The fourth-order valence-electron chi connectivity index (χ4n) is 2.35. The van der Waals surface area contributed by atoms with Crippen LogP contribution >= 0.6 is 23.7 Å². The molecule has 1 aliphatic heterocycles. The number of nitrogens with zero attached hydrogens (tertiary/aromatic N) is 2. The highest BCUT2D eigenvalue weighted by Crippen LogP contribution is 2.18. The summed E-state index contributed by atoms with van der Waals surface area (Å²) in [6, 6.07) is 3.69. The van der Waals surface area contributed by atoms with Crippen molar-refractivity contribution in [2.24, 2.45) is 11.7 Å². The van der Waals surface area contributed by atoms with E-state index in [1.807, 2.05) is 42.7 Å². The maximum absolute atomic E-state index is 12.3. The Kier molecular flexibility index (Phi) is 6.84. The van der Waals surface area contributed by atoms with Gasteiger partial charge in [0.25, 0.3) is 5.91 Å². The van der Waals surface area contributed by atoms with Crippen molar-refractivity contribution in [3.05, 3.63) is 21.9 Å². The summed E-state index contributed by atoms with van der Waals surface area (Å²) in [6.45, 7) is 8.06. The summed E-state index contributed by atoms with van der Waals surface area (Å²) in [6.07, 6.45) is 0. The molecule has 2 amide bonds. The standard InChI is InChI=1S/C15H23N3O2S.ClH/c1-10-4-5-13(21-10)15(20)18-8-6-17(7-9-18)14(19)11(2)12(3)16;/h4-5,11-12H,6-9,16H2,1-3H3;1H. The largest absolute Gasteiger partial charge is 0.339 e. The van der Waals surface area contributed by atoms with E-state index in [4.69, 9.17) is 5.73 Å². The first kappa shape index (κ1) is 18.9. The SMILES string of the molecule is Cc1ccc(C(=O)N2CCN(C(=O)C(C)C(C)N)CC2)s1.Cl. The summed E-state index contributed by atoms with van der Waals surface area (Å²) in [5.74, 6) is -0.0169. The van der Waals surface area contributed by atoms with E-state index in [9.17, 15) is 9.59 Å². The van der Waals surface area contributed by atoms with Gasteiger partial charge in [-0.15, -0.1) is 23.7 Å². The van der Waals surface area contributed by atoms with Crippen molar-refractivity contribution in [1.82, 2.24) is 9.80 Å². The van der Waals surface area contributed by atoms with Crippen molar-refractivity contribution in [2.75, 3.05) is 26.2 Å². The number of hydrogen-bond donors (Lipinski definition) is 1. The van der Waals surface area contributed by atoms with Gasteiger partial charge in [-0.3, -0.25) is 9.59 Å². The van der Waals surface area contributed by atoms with Crippen molar-refractivity contribution in [3.63, 3.8) is 0 Å². The number of hydrogen-bond acceptors (Lipinski definition) is 4. The molecule has 1 fully saturated rings. The molecular weight excluding hydrogens is 322 g/mol. The lowest BCUT2D eigenvalue weighted by atomic mass is 10.0. The van der Waals surface area contributed by atoms with Gasteiger partial charge in [-0.1, -0.05) is 6.92 Å². The Bertz CT molecular complexity index is 525. The monoisotopic (exact) mass is 345 g/mol. The number of nitrogens with two attached hydrogens (primary N) is 1. The Balaban J connectivity index is 0.00000242. The van der Waals surface area contributed by atoms with Gasteiger partial charge in [0.1, 0.15) is 0 Å². The molecule has 7 heteroatoms. The van der Waals surface area contributed by atoms with Gasteiger partial charge in [0, 0.05) is 37.1 Å². The predicted octanol–water partition coefficient (Wildman–Crippen LogP) is 1.75. The van der Waals surface area contributed by atoms with E-state index in [2.05, 4.69) is 0 Å². The minimum Gasteiger partial charge on any atom is -0.339 e. The fourth-order valence-corrected chi connectivity index (χ4v) is 3.18. The van der Waals surface area contributed by atoms with Gasteiger partial charge in [0.15, 0.2) is 0 Å². The number of thiophene rings is 1. The van der Waals surface area contributed by atoms with E-state index in [0.29, 0.717) is 26.2 Å². The average Bonchev–Trinajstić information content (AvgIpc) is 2.91. The molecule has 124 valence electrons. The average molecular weight is 346 g/mol. The van der Waals surface area contributed by atoms with Crippen LogP contribution in [-0.4, -0.2) is 53.8 Å².